The van der Waals surface area contributed by atoms with Crippen molar-refractivity contribution in [3.05, 3.63) is 71.9 Å². The zero-order chi connectivity index (χ0) is 19.4. The molecule has 0 spiro atoms. The molecular weight excluding hydrogens is 350 g/mol. The molecule has 0 amide bonds. The van der Waals surface area contributed by atoms with Gasteiger partial charge in [0, 0.05) is 20.0 Å². The van der Waals surface area contributed by atoms with E-state index in [2.05, 4.69) is 5.32 Å². The molecule has 1 aliphatic rings. The molecule has 1 aliphatic heterocycles. The Balaban J connectivity index is 1.79. The molecular formula is C20H17NO6. The highest BCUT2D eigenvalue weighted by molar-refractivity contribution is 6.15. The Bertz CT molecular complexity index is 895. The zero-order valence-corrected chi connectivity index (χ0v) is 14.7. The molecule has 2 aromatic carbocycles. The van der Waals surface area contributed by atoms with Gasteiger partial charge in [-0.15, -0.1) is 0 Å². The molecule has 1 fully saturated rings. The van der Waals surface area contributed by atoms with Gasteiger partial charge in [0.2, 0.25) is 0 Å². The lowest BCUT2D eigenvalue weighted by molar-refractivity contribution is -0.222. The average Bonchev–Trinajstić information content (AvgIpc) is 2.61. The third kappa shape index (κ3) is 4.33. The minimum Gasteiger partial charge on any atom is -0.423 e. The molecule has 0 aliphatic carbocycles. The number of hydrogen-bond donors (Lipinski definition) is 1. The lowest BCUT2D eigenvalue weighted by Crippen LogP contribution is -2.42. The Kier molecular flexibility index (Phi) is 4.94. The minimum atomic E-state index is -1.32. The summed E-state index contributed by atoms with van der Waals surface area (Å²) in [5.74, 6) is -3.13. The summed E-state index contributed by atoms with van der Waals surface area (Å²) >= 11 is 0. The number of rotatable bonds is 4. The molecule has 0 saturated carbocycles. The molecule has 0 aromatic heterocycles. The van der Waals surface area contributed by atoms with Gasteiger partial charge in [-0.1, -0.05) is 30.3 Å². The lowest BCUT2D eigenvalue weighted by Gasteiger charge is -2.29. The van der Waals surface area contributed by atoms with Crippen molar-refractivity contribution < 1.29 is 28.6 Å². The molecule has 7 nitrogen and oxygen atoms in total. The lowest BCUT2D eigenvalue weighted by atomic mass is 10.1. The molecule has 1 N–H and O–H groups in total. The molecule has 7 heteroatoms. The maximum atomic E-state index is 12.4. The van der Waals surface area contributed by atoms with Crippen LogP contribution in [0.5, 0.6) is 5.75 Å². The van der Waals surface area contributed by atoms with Gasteiger partial charge in [0.15, 0.2) is 5.57 Å². The van der Waals surface area contributed by atoms with Crippen molar-refractivity contribution in [1.29, 1.82) is 0 Å². The number of carbonyl (C=O) groups is 3. The number of esters is 3. The maximum Gasteiger partial charge on any atom is 0.350 e. The van der Waals surface area contributed by atoms with Gasteiger partial charge in [0.25, 0.3) is 5.79 Å². The third-order valence-corrected chi connectivity index (χ3v) is 3.59. The fourth-order valence-corrected chi connectivity index (χ4v) is 2.37. The number of carbonyl (C=O) groups excluding carboxylic acids is 3. The van der Waals surface area contributed by atoms with E-state index in [9.17, 15) is 14.4 Å². The molecule has 1 heterocycles. The summed E-state index contributed by atoms with van der Waals surface area (Å²) in [5.41, 5.74) is 0.285. The first kappa shape index (κ1) is 18.2. The van der Waals surface area contributed by atoms with Crippen LogP contribution in [0.25, 0.3) is 0 Å². The van der Waals surface area contributed by atoms with E-state index in [1.807, 2.05) is 6.07 Å². The molecule has 0 bridgehead atoms. The molecule has 0 radical (unpaired) electrons. The van der Waals surface area contributed by atoms with Crippen molar-refractivity contribution in [2.24, 2.45) is 0 Å². The molecule has 3 rings (SSSR count). The van der Waals surface area contributed by atoms with Gasteiger partial charge in [-0.25, -0.2) is 14.4 Å². The largest absolute Gasteiger partial charge is 0.423 e. The van der Waals surface area contributed by atoms with Crippen molar-refractivity contribution in [2.45, 2.75) is 19.6 Å². The van der Waals surface area contributed by atoms with Crippen LogP contribution in [0.4, 0.5) is 5.69 Å². The van der Waals surface area contributed by atoms with Crippen LogP contribution in [0.3, 0.4) is 0 Å². The standard InChI is InChI=1S/C20H17NO6/c1-20(2)26-18(23)15(19(24)27-20)12-21-16-11-7-6-10-14(16)17(22)25-13-8-4-3-5-9-13/h3-12,21H,1-2H3. The van der Waals surface area contributed by atoms with Crippen molar-refractivity contribution in [2.75, 3.05) is 5.32 Å². The molecule has 138 valence electrons. The second-order valence-corrected chi connectivity index (χ2v) is 6.13. The number of para-hydroxylation sites is 2. The summed E-state index contributed by atoms with van der Waals surface area (Å²) in [6.07, 6.45) is 1.15. The predicted octanol–water partition coefficient (Wildman–Crippen LogP) is 3.04. The first-order valence-electron chi connectivity index (χ1n) is 8.15. The van der Waals surface area contributed by atoms with Crippen LogP contribution in [-0.2, 0) is 19.1 Å². The Morgan fingerprint density at radius 2 is 1.56 bits per heavy atom. The first-order valence-corrected chi connectivity index (χ1v) is 8.15. The van der Waals surface area contributed by atoms with E-state index in [1.165, 1.54) is 13.8 Å². The van der Waals surface area contributed by atoms with Gasteiger partial charge < -0.3 is 19.5 Å². The van der Waals surface area contributed by atoms with E-state index < -0.39 is 23.7 Å². The topological polar surface area (TPSA) is 90.9 Å². The summed E-state index contributed by atoms with van der Waals surface area (Å²) in [5, 5.41) is 2.77. The van der Waals surface area contributed by atoms with Gasteiger partial charge in [-0.2, -0.15) is 0 Å². The van der Waals surface area contributed by atoms with Crippen molar-refractivity contribution in [3.8, 4) is 5.75 Å². The van der Waals surface area contributed by atoms with Gasteiger partial charge in [0.1, 0.15) is 5.75 Å². The Labute approximate surface area is 155 Å². The van der Waals surface area contributed by atoms with Crippen LogP contribution in [0.2, 0.25) is 0 Å². The number of ether oxygens (including phenoxy) is 3. The zero-order valence-electron chi connectivity index (χ0n) is 14.7. The van der Waals surface area contributed by atoms with Crippen molar-refractivity contribution >= 4 is 23.6 Å². The summed E-state index contributed by atoms with van der Waals surface area (Å²) in [4.78, 5) is 36.4. The molecule has 0 atom stereocenters. The van der Waals surface area contributed by atoms with Crippen LogP contribution >= 0.6 is 0 Å². The fraction of sp³-hybridized carbons (Fsp3) is 0.150. The molecule has 0 unspecified atom stereocenters. The minimum absolute atomic E-state index is 0.232. The monoisotopic (exact) mass is 367 g/mol. The van der Waals surface area contributed by atoms with Crippen LogP contribution in [-0.4, -0.2) is 23.7 Å². The molecule has 1 saturated heterocycles. The Hall–Kier alpha value is -3.61. The molecule has 27 heavy (non-hydrogen) atoms. The van der Waals surface area contributed by atoms with Gasteiger partial charge in [0.05, 0.1) is 11.3 Å². The SMILES string of the molecule is CC1(C)OC(=O)C(=CNc2ccccc2C(=O)Oc2ccccc2)C(=O)O1. The summed E-state index contributed by atoms with van der Waals surface area (Å²) in [6, 6.07) is 15.2. The van der Waals surface area contributed by atoms with E-state index in [0.29, 0.717) is 11.4 Å². The first-order chi connectivity index (χ1) is 12.9. The predicted molar refractivity (Wildman–Crippen MR) is 95.8 cm³/mol. The number of anilines is 1. The maximum absolute atomic E-state index is 12.4. The van der Waals surface area contributed by atoms with E-state index in [4.69, 9.17) is 14.2 Å². The normalized spacial score (nSPS) is 15.4. The van der Waals surface area contributed by atoms with E-state index in [0.717, 1.165) is 6.20 Å². The Morgan fingerprint density at radius 3 is 2.22 bits per heavy atom. The van der Waals surface area contributed by atoms with Crippen LogP contribution in [0.1, 0.15) is 24.2 Å². The summed E-state index contributed by atoms with van der Waals surface area (Å²) in [6.45, 7) is 2.92. The van der Waals surface area contributed by atoms with Gasteiger partial charge in [-0.3, -0.25) is 0 Å². The van der Waals surface area contributed by atoms with Crippen molar-refractivity contribution in [1.82, 2.24) is 0 Å². The number of cyclic esters (lactones) is 2. The van der Waals surface area contributed by atoms with Crippen LogP contribution in [0.15, 0.2) is 66.4 Å². The number of nitrogens with one attached hydrogen (secondary N) is 1. The number of hydrogen-bond acceptors (Lipinski definition) is 7. The third-order valence-electron chi connectivity index (χ3n) is 3.59. The highest BCUT2D eigenvalue weighted by Crippen LogP contribution is 2.24. The van der Waals surface area contributed by atoms with E-state index >= 15 is 0 Å². The second kappa shape index (κ2) is 7.33. The van der Waals surface area contributed by atoms with E-state index in [-0.39, 0.29) is 11.1 Å². The molecule has 2 aromatic rings. The highest BCUT2D eigenvalue weighted by atomic mass is 16.7. The quantitative estimate of drug-likeness (QED) is 0.384. The fourth-order valence-electron chi connectivity index (χ4n) is 2.37. The smallest absolute Gasteiger partial charge is 0.350 e. The van der Waals surface area contributed by atoms with Crippen molar-refractivity contribution in [3.63, 3.8) is 0 Å². The van der Waals surface area contributed by atoms with Gasteiger partial charge >= 0.3 is 17.9 Å². The van der Waals surface area contributed by atoms with Gasteiger partial charge in [-0.05, 0) is 24.3 Å². The highest BCUT2D eigenvalue weighted by Gasteiger charge is 2.39. The average molecular weight is 367 g/mol. The van der Waals surface area contributed by atoms with E-state index in [1.54, 1.807) is 48.5 Å². The number of benzene rings is 2. The summed E-state index contributed by atoms with van der Waals surface area (Å²) in [7, 11) is 0. The Morgan fingerprint density at radius 1 is 0.963 bits per heavy atom. The second-order valence-electron chi connectivity index (χ2n) is 6.13. The van der Waals surface area contributed by atoms with Crippen LogP contribution in [0, 0.1) is 0 Å². The van der Waals surface area contributed by atoms with Crippen LogP contribution < -0.4 is 10.1 Å². The summed E-state index contributed by atoms with van der Waals surface area (Å²) < 4.78 is 15.4.